The fraction of sp³-hybridized carbons (Fsp3) is 0.688. The summed E-state index contributed by atoms with van der Waals surface area (Å²) in [5.74, 6) is 0.776. The lowest BCUT2D eigenvalue weighted by Gasteiger charge is -2.26. The highest BCUT2D eigenvalue weighted by atomic mass is 16.5. The molecule has 0 bridgehead atoms. The first-order chi connectivity index (χ1) is 9.75. The van der Waals surface area contributed by atoms with Crippen LogP contribution in [-0.2, 0) is 6.54 Å². The average molecular weight is 277 g/mol. The average Bonchev–Trinajstić information content (AvgIpc) is 2.47. The lowest BCUT2D eigenvalue weighted by atomic mass is 10.1. The van der Waals surface area contributed by atoms with Gasteiger partial charge in [0.15, 0.2) is 0 Å². The summed E-state index contributed by atoms with van der Waals surface area (Å²) in [6, 6.07) is 4.52. The van der Waals surface area contributed by atoms with E-state index in [2.05, 4.69) is 35.1 Å². The minimum Gasteiger partial charge on any atom is -0.476 e. The van der Waals surface area contributed by atoms with Gasteiger partial charge in [-0.2, -0.15) is 0 Å². The Labute approximate surface area is 122 Å². The van der Waals surface area contributed by atoms with Gasteiger partial charge >= 0.3 is 0 Å². The summed E-state index contributed by atoms with van der Waals surface area (Å²) in [6.45, 7) is 9.27. The minimum atomic E-state index is 0.469. The highest BCUT2D eigenvalue weighted by molar-refractivity contribution is 5.25. The summed E-state index contributed by atoms with van der Waals surface area (Å²) in [5.41, 5.74) is 1.14. The molecule has 1 aliphatic rings. The quantitative estimate of drug-likeness (QED) is 0.830. The molecule has 0 amide bonds. The van der Waals surface area contributed by atoms with Crippen molar-refractivity contribution in [2.45, 2.75) is 45.7 Å². The lowest BCUT2D eigenvalue weighted by Crippen LogP contribution is -2.33. The van der Waals surface area contributed by atoms with Gasteiger partial charge in [0.1, 0.15) is 6.61 Å². The van der Waals surface area contributed by atoms with Gasteiger partial charge in [-0.1, -0.05) is 26.3 Å². The third-order valence-electron chi connectivity index (χ3n) is 3.65. The summed E-state index contributed by atoms with van der Waals surface area (Å²) in [7, 11) is 0. The van der Waals surface area contributed by atoms with Crippen molar-refractivity contribution in [3.05, 3.63) is 23.9 Å². The number of pyridine rings is 1. The van der Waals surface area contributed by atoms with Crippen LogP contribution in [0.3, 0.4) is 0 Å². The number of hydrogen-bond acceptors (Lipinski definition) is 4. The van der Waals surface area contributed by atoms with Crippen LogP contribution < -0.4 is 10.1 Å². The van der Waals surface area contributed by atoms with Gasteiger partial charge in [-0.15, -0.1) is 0 Å². The van der Waals surface area contributed by atoms with E-state index < -0.39 is 0 Å². The number of nitrogens with one attached hydrogen (secondary N) is 1. The van der Waals surface area contributed by atoms with Crippen molar-refractivity contribution in [1.82, 2.24) is 15.2 Å². The predicted octanol–water partition coefficient (Wildman–Crippen LogP) is 2.44. The van der Waals surface area contributed by atoms with Crippen molar-refractivity contribution in [2.75, 3.05) is 26.2 Å². The molecule has 1 saturated heterocycles. The molecule has 4 nitrogen and oxygen atoms in total. The molecular weight excluding hydrogens is 250 g/mol. The monoisotopic (exact) mass is 277 g/mol. The predicted molar refractivity (Wildman–Crippen MR) is 82.0 cm³/mol. The maximum atomic E-state index is 5.88. The Morgan fingerprint density at radius 1 is 1.30 bits per heavy atom. The third-order valence-corrected chi connectivity index (χ3v) is 3.65. The first kappa shape index (κ1) is 15.3. The number of likely N-dealkylation sites (tertiary alicyclic amines) is 1. The lowest BCUT2D eigenvalue weighted by molar-refractivity contribution is 0.179. The van der Waals surface area contributed by atoms with Crippen LogP contribution in [0.15, 0.2) is 18.3 Å². The maximum Gasteiger partial charge on any atom is 0.217 e. The molecule has 0 aromatic carbocycles. The highest BCUT2D eigenvalue weighted by Crippen LogP contribution is 2.14. The summed E-state index contributed by atoms with van der Waals surface area (Å²) in [4.78, 5) is 6.84. The van der Waals surface area contributed by atoms with E-state index in [0.717, 1.165) is 31.1 Å². The molecule has 0 radical (unpaired) electrons. The van der Waals surface area contributed by atoms with Gasteiger partial charge in [-0.3, -0.25) is 4.90 Å². The molecule has 1 fully saturated rings. The fourth-order valence-electron chi connectivity index (χ4n) is 2.46. The van der Waals surface area contributed by atoms with Crippen molar-refractivity contribution < 1.29 is 4.74 Å². The van der Waals surface area contributed by atoms with Crippen molar-refractivity contribution >= 4 is 0 Å². The van der Waals surface area contributed by atoms with Gasteiger partial charge in [0.2, 0.25) is 5.88 Å². The van der Waals surface area contributed by atoms with Crippen LogP contribution in [0.4, 0.5) is 0 Å². The summed E-state index contributed by atoms with van der Waals surface area (Å²) >= 11 is 0. The minimum absolute atomic E-state index is 0.469. The summed E-state index contributed by atoms with van der Waals surface area (Å²) < 4.78 is 5.88. The van der Waals surface area contributed by atoms with Crippen molar-refractivity contribution in [3.8, 4) is 5.88 Å². The third kappa shape index (κ3) is 5.10. The van der Waals surface area contributed by atoms with E-state index >= 15 is 0 Å². The number of rotatable bonds is 7. The molecule has 0 spiro atoms. The molecule has 1 aromatic rings. The first-order valence-electron chi connectivity index (χ1n) is 7.78. The molecule has 1 aliphatic heterocycles. The largest absolute Gasteiger partial charge is 0.476 e. The molecular formula is C16H27N3O. The Bertz CT molecular complexity index is 389. The molecule has 0 atom stereocenters. The van der Waals surface area contributed by atoms with Crippen molar-refractivity contribution in [1.29, 1.82) is 0 Å². The second kappa shape index (κ2) is 8.22. The molecule has 0 unspecified atom stereocenters. The second-order valence-corrected chi connectivity index (χ2v) is 5.75. The van der Waals surface area contributed by atoms with Crippen LogP contribution in [0.5, 0.6) is 5.88 Å². The van der Waals surface area contributed by atoms with Crippen LogP contribution >= 0.6 is 0 Å². The number of nitrogens with zero attached hydrogens (tertiary/aromatic N) is 2. The number of hydrogen-bond donors (Lipinski definition) is 1. The Morgan fingerprint density at radius 2 is 2.10 bits per heavy atom. The van der Waals surface area contributed by atoms with E-state index in [9.17, 15) is 0 Å². The molecule has 0 aliphatic carbocycles. The molecule has 1 N–H and O–H groups in total. The van der Waals surface area contributed by atoms with Gasteiger partial charge in [0.05, 0.1) is 0 Å². The molecule has 0 saturated carbocycles. The maximum absolute atomic E-state index is 5.88. The van der Waals surface area contributed by atoms with Gasteiger partial charge in [0, 0.05) is 30.9 Å². The van der Waals surface area contributed by atoms with Crippen LogP contribution in [0.2, 0.25) is 0 Å². The van der Waals surface area contributed by atoms with Crippen molar-refractivity contribution in [3.63, 3.8) is 0 Å². The van der Waals surface area contributed by atoms with E-state index in [0.29, 0.717) is 6.04 Å². The SMILES string of the molecule is CC(C)NCc1cccnc1OCCN1CCCCC1. The smallest absolute Gasteiger partial charge is 0.217 e. The van der Waals surface area contributed by atoms with Crippen LogP contribution in [-0.4, -0.2) is 42.2 Å². The Kier molecular flexibility index (Phi) is 6.27. The zero-order valence-electron chi connectivity index (χ0n) is 12.8. The van der Waals surface area contributed by atoms with E-state index in [1.807, 2.05) is 6.07 Å². The fourth-order valence-corrected chi connectivity index (χ4v) is 2.46. The van der Waals surface area contributed by atoms with Gasteiger partial charge < -0.3 is 10.1 Å². The zero-order valence-corrected chi connectivity index (χ0v) is 12.8. The van der Waals surface area contributed by atoms with Crippen LogP contribution in [0.1, 0.15) is 38.7 Å². The van der Waals surface area contributed by atoms with Crippen LogP contribution in [0, 0.1) is 0 Å². The summed E-state index contributed by atoms with van der Waals surface area (Å²) in [6.07, 6.45) is 5.83. The first-order valence-corrected chi connectivity index (χ1v) is 7.78. The molecule has 4 heteroatoms. The molecule has 2 rings (SSSR count). The van der Waals surface area contributed by atoms with E-state index in [4.69, 9.17) is 4.74 Å². The van der Waals surface area contributed by atoms with Crippen molar-refractivity contribution in [2.24, 2.45) is 0 Å². The molecule has 2 heterocycles. The van der Waals surface area contributed by atoms with Gasteiger partial charge in [-0.05, 0) is 32.0 Å². The van der Waals surface area contributed by atoms with E-state index in [-0.39, 0.29) is 0 Å². The van der Waals surface area contributed by atoms with Gasteiger partial charge in [0.25, 0.3) is 0 Å². The molecule has 20 heavy (non-hydrogen) atoms. The number of ether oxygens (including phenoxy) is 1. The highest BCUT2D eigenvalue weighted by Gasteiger charge is 2.10. The van der Waals surface area contributed by atoms with Gasteiger partial charge in [-0.25, -0.2) is 4.98 Å². The standard InChI is InChI=1S/C16H27N3O/c1-14(2)18-13-15-7-6-8-17-16(15)20-12-11-19-9-4-3-5-10-19/h6-8,14,18H,3-5,9-13H2,1-2H3. The molecule has 1 aromatic heterocycles. The van der Waals surface area contributed by atoms with E-state index in [1.54, 1.807) is 6.20 Å². The number of aromatic nitrogens is 1. The van der Waals surface area contributed by atoms with E-state index in [1.165, 1.54) is 32.4 Å². The van der Waals surface area contributed by atoms with Crippen LogP contribution in [0.25, 0.3) is 0 Å². The second-order valence-electron chi connectivity index (χ2n) is 5.75. The Hall–Kier alpha value is -1.13. The normalized spacial score (nSPS) is 16.6. The zero-order chi connectivity index (χ0) is 14.2. The summed E-state index contributed by atoms with van der Waals surface area (Å²) in [5, 5.41) is 3.41. The Balaban J connectivity index is 1.79. The molecule has 112 valence electrons. The number of piperidine rings is 1. The topological polar surface area (TPSA) is 37.4 Å². The Morgan fingerprint density at radius 3 is 2.85 bits per heavy atom.